The van der Waals surface area contributed by atoms with E-state index in [1.165, 1.54) is 6.42 Å². The molecule has 2 amide bonds. The summed E-state index contributed by atoms with van der Waals surface area (Å²) in [4.78, 5) is 44.2. The van der Waals surface area contributed by atoms with Crippen LogP contribution in [0.3, 0.4) is 0 Å². The van der Waals surface area contributed by atoms with Gasteiger partial charge < -0.3 is 20.8 Å². The Bertz CT molecular complexity index is 600. The minimum Gasteiger partial charge on any atom is -0.478 e. The van der Waals surface area contributed by atoms with Crippen LogP contribution in [0.1, 0.15) is 57.8 Å². The van der Waals surface area contributed by atoms with Gasteiger partial charge in [-0.3, -0.25) is 9.59 Å². The number of carboxylic acid groups (broad SMARTS) is 2. The van der Waals surface area contributed by atoms with Crippen molar-refractivity contribution in [1.29, 1.82) is 0 Å². The number of carbonyl (C=O) groups is 4. The third-order valence-electron chi connectivity index (χ3n) is 5.81. The molecule has 0 radical (unpaired) electrons. The summed E-state index contributed by atoms with van der Waals surface area (Å²) in [7, 11) is 0. The molecule has 0 aromatic rings. The lowest BCUT2D eigenvalue weighted by Crippen LogP contribution is -2.38. The molecule has 160 valence electrons. The normalized spacial score (nSPS) is 27.6. The molecular formula is C21H30N2O6. The molecule has 0 atom stereocenters. The van der Waals surface area contributed by atoms with Gasteiger partial charge in [-0.1, -0.05) is 0 Å². The molecule has 0 aromatic carbocycles. The van der Waals surface area contributed by atoms with Crippen LogP contribution in [0.5, 0.6) is 0 Å². The van der Waals surface area contributed by atoms with Gasteiger partial charge in [0.25, 0.3) is 0 Å². The topological polar surface area (TPSA) is 133 Å². The largest absolute Gasteiger partial charge is 0.478 e. The van der Waals surface area contributed by atoms with E-state index in [1.807, 2.05) is 0 Å². The molecule has 0 bridgehead atoms. The highest BCUT2D eigenvalue weighted by Crippen LogP contribution is 2.35. The number of nitrogens with one attached hydrogen (secondary N) is 2. The van der Waals surface area contributed by atoms with Crippen molar-refractivity contribution < 1.29 is 29.4 Å². The van der Waals surface area contributed by atoms with E-state index in [0.29, 0.717) is 11.8 Å². The van der Waals surface area contributed by atoms with Crippen LogP contribution >= 0.6 is 0 Å². The predicted octanol–water partition coefficient (Wildman–Crippen LogP) is 2.01. The molecule has 8 heteroatoms. The highest BCUT2D eigenvalue weighted by molar-refractivity contribution is 5.94. The summed E-state index contributed by atoms with van der Waals surface area (Å²) in [5, 5.41) is 22.8. The van der Waals surface area contributed by atoms with Crippen LogP contribution < -0.4 is 10.6 Å². The lowest BCUT2D eigenvalue weighted by molar-refractivity contribution is -0.132. The van der Waals surface area contributed by atoms with Gasteiger partial charge >= 0.3 is 11.9 Å². The zero-order valence-corrected chi connectivity index (χ0v) is 16.5. The Morgan fingerprint density at radius 1 is 0.621 bits per heavy atom. The Kier molecular flexibility index (Phi) is 8.89. The smallest absolute Gasteiger partial charge is 0.328 e. The van der Waals surface area contributed by atoms with Crippen molar-refractivity contribution in [3.63, 3.8) is 0 Å². The summed E-state index contributed by atoms with van der Waals surface area (Å²) < 4.78 is 0. The summed E-state index contributed by atoms with van der Waals surface area (Å²) in [6.07, 6.45) is 12.9. The lowest BCUT2D eigenvalue weighted by Gasteiger charge is -2.34. The van der Waals surface area contributed by atoms with Crippen molar-refractivity contribution in [1.82, 2.24) is 10.6 Å². The Balaban J connectivity index is 1.63. The van der Waals surface area contributed by atoms with Crippen LogP contribution in [-0.4, -0.2) is 46.0 Å². The minimum absolute atomic E-state index is 0.113. The fraction of sp³-hybridized carbons (Fsp3) is 0.619. The third kappa shape index (κ3) is 8.93. The third-order valence-corrected chi connectivity index (χ3v) is 5.81. The maximum absolute atomic E-state index is 11.7. The number of carboxylic acids is 2. The summed E-state index contributed by atoms with van der Waals surface area (Å²) in [5.41, 5.74) is 0. The van der Waals surface area contributed by atoms with E-state index in [-0.39, 0.29) is 23.9 Å². The summed E-state index contributed by atoms with van der Waals surface area (Å²) in [6.45, 7) is 0. The van der Waals surface area contributed by atoms with Crippen molar-refractivity contribution in [2.75, 3.05) is 0 Å². The van der Waals surface area contributed by atoms with Crippen molar-refractivity contribution in [2.24, 2.45) is 11.8 Å². The number of hydrogen-bond acceptors (Lipinski definition) is 4. The first kappa shape index (κ1) is 22.6. The van der Waals surface area contributed by atoms with Gasteiger partial charge in [-0.15, -0.1) is 0 Å². The van der Waals surface area contributed by atoms with E-state index < -0.39 is 11.9 Å². The molecule has 0 aliphatic heterocycles. The van der Waals surface area contributed by atoms with Gasteiger partial charge in [-0.2, -0.15) is 0 Å². The average molecular weight is 406 g/mol. The highest BCUT2D eigenvalue weighted by atomic mass is 16.4. The second kappa shape index (κ2) is 11.4. The van der Waals surface area contributed by atoms with Crippen molar-refractivity contribution in [3.8, 4) is 0 Å². The van der Waals surface area contributed by atoms with E-state index in [0.717, 1.165) is 75.7 Å². The maximum Gasteiger partial charge on any atom is 0.328 e. The number of aliphatic carboxylic acids is 2. The standard InChI is InChI=1S/C21H30N2O6/c24-18(9-11-20(26)27)22-16-5-1-14(2-6-16)13-15-3-7-17(8-4-15)23-19(25)10-12-21(28)29/h9-12,14-17H,1-8,13H2,(H,22,24)(H,23,25)(H,26,27)(H,28,29)/b11-9+,12-10+. The van der Waals surface area contributed by atoms with Gasteiger partial charge in [0.2, 0.25) is 11.8 Å². The molecule has 2 aliphatic carbocycles. The van der Waals surface area contributed by atoms with E-state index in [1.54, 1.807) is 0 Å². The molecular weight excluding hydrogens is 376 g/mol. The summed E-state index contributed by atoms with van der Waals surface area (Å²) in [6, 6.07) is 0.226. The van der Waals surface area contributed by atoms with Gasteiger partial charge in [0, 0.05) is 36.4 Å². The fourth-order valence-electron chi connectivity index (χ4n) is 4.35. The number of rotatable bonds is 8. The maximum atomic E-state index is 11.7. The second-order valence-corrected chi connectivity index (χ2v) is 8.03. The van der Waals surface area contributed by atoms with Gasteiger partial charge in [-0.25, -0.2) is 9.59 Å². The quantitative estimate of drug-likeness (QED) is 0.456. The molecule has 0 spiro atoms. The van der Waals surface area contributed by atoms with Crippen LogP contribution in [0.15, 0.2) is 24.3 Å². The predicted molar refractivity (Wildman–Crippen MR) is 106 cm³/mol. The monoisotopic (exact) mass is 406 g/mol. The van der Waals surface area contributed by atoms with Crippen molar-refractivity contribution in [2.45, 2.75) is 69.9 Å². The van der Waals surface area contributed by atoms with Gasteiger partial charge in [0.05, 0.1) is 0 Å². The molecule has 4 N–H and O–H groups in total. The second-order valence-electron chi connectivity index (χ2n) is 8.03. The van der Waals surface area contributed by atoms with Gasteiger partial charge in [0.1, 0.15) is 0 Å². The molecule has 29 heavy (non-hydrogen) atoms. The zero-order valence-electron chi connectivity index (χ0n) is 16.5. The summed E-state index contributed by atoms with van der Waals surface area (Å²) >= 11 is 0. The molecule has 0 heterocycles. The van der Waals surface area contributed by atoms with Gasteiger partial charge in [-0.05, 0) is 69.6 Å². The van der Waals surface area contributed by atoms with Crippen molar-refractivity contribution >= 4 is 23.8 Å². The van der Waals surface area contributed by atoms with Crippen molar-refractivity contribution in [3.05, 3.63) is 24.3 Å². The first-order valence-corrected chi connectivity index (χ1v) is 10.2. The molecule has 2 rings (SSSR count). The minimum atomic E-state index is -1.13. The van der Waals surface area contributed by atoms with Crippen LogP contribution in [0.25, 0.3) is 0 Å². The molecule has 2 fully saturated rings. The average Bonchev–Trinajstić information content (AvgIpc) is 2.68. The van der Waals surface area contributed by atoms with Crippen LogP contribution in [0, 0.1) is 11.8 Å². The van der Waals surface area contributed by atoms with Crippen LogP contribution in [0.2, 0.25) is 0 Å². The van der Waals surface area contributed by atoms with Crippen LogP contribution in [-0.2, 0) is 19.2 Å². The molecule has 0 unspecified atom stereocenters. The highest BCUT2D eigenvalue weighted by Gasteiger charge is 2.27. The van der Waals surface area contributed by atoms with E-state index in [2.05, 4.69) is 10.6 Å². The molecule has 0 aromatic heterocycles. The fourth-order valence-corrected chi connectivity index (χ4v) is 4.35. The Labute approximate surface area is 170 Å². The number of carbonyl (C=O) groups excluding carboxylic acids is 2. The molecule has 8 nitrogen and oxygen atoms in total. The van der Waals surface area contributed by atoms with E-state index in [9.17, 15) is 19.2 Å². The first-order chi connectivity index (χ1) is 13.8. The number of amides is 2. The number of hydrogen-bond donors (Lipinski definition) is 4. The Hall–Kier alpha value is -2.64. The molecule has 0 saturated heterocycles. The zero-order chi connectivity index (χ0) is 21.2. The summed E-state index contributed by atoms with van der Waals surface area (Å²) in [5.74, 6) is -1.67. The van der Waals surface area contributed by atoms with Crippen LogP contribution in [0.4, 0.5) is 0 Å². The van der Waals surface area contributed by atoms with Gasteiger partial charge in [0.15, 0.2) is 0 Å². The lowest BCUT2D eigenvalue weighted by atomic mass is 9.75. The Morgan fingerprint density at radius 3 is 1.28 bits per heavy atom. The first-order valence-electron chi connectivity index (χ1n) is 10.2. The van der Waals surface area contributed by atoms with E-state index in [4.69, 9.17) is 10.2 Å². The SMILES string of the molecule is O=C(O)/C=C/C(=O)NC1CCC(CC2CCC(NC(=O)/C=C/C(=O)O)CC2)CC1. The Morgan fingerprint density at radius 2 is 0.966 bits per heavy atom. The molecule has 2 aliphatic rings. The molecule has 2 saturated carbocycles. The van der Waals surface area contributed by atoms with E-state index >= 15 is 0 Å².